The van der Waals surface area contributed by atoms with Crippen LogP contribution in [-0.4, -0.2) is 15.9 Å². The van der Waals surface area contributed by atoms with Crippen LogP contribution in [0.3, 0.4) is 0 Å². The van der Waals surface area contributed by atoms with Crippen LogP contribution in [0.5, 0.6) is 0 Å². The van der Waals surface area contributed by atoms with Gasteiger partial charge in [-0.2, -0.15) is 0 Å². The van der Waals surface area contributed by atoms with Crippen LogP contribution >= 0.6 is 0 Å². The molecule has 0 saturated heterocycles. The van der Waals surface area contributed by atoms with Gasteiger partial charge in [-0.1, -0.05) is 54.1 Å². The zero-order chi connectivity index (χ0) is 18.6. The number of nitrogens with one attached hydrogen (secondary N) is 1. The van der Waals surface area contributed by atoms with Gasteiger partial charge in [0.05, 0.1) is 6.04 Å². The first-order chi connectivity index (χ1) is 13.2. The van der Waals surface area contributed by atoms with E-state index >= 15 is 0 Å². The predicted molar refractivity (Wildman–Crippen MR) is 107 cm³/mol. The minimum Gasteiger partial charge on any atom is -0.313 e. The summed E-state index contributed by atoms with van der Waals surface area (Å²) in [6, 6.07) is 20.5. The number of rotatable bonds is 4. The lowest BCUT2D eigenvalue weighted by atomic mass is 10.1. The van der Waals surface area contributed by atoms with Crippen molar-refractivity contribution in [2.24, 2.45) is 0 Å². The van der Waals surface area contributed by atoms with Crippen molar-refractivity contribution in [3.8, 4) is 0 Å². The molecule has 1 atom stereocenters. The Morgan fingerprint density at radius 1 is 1.07 bits per heavy atom. The second-order valence-electron chi connectivity index (χ2n) is 7.03. The first-order valence-corrected chi connectivity index (χ1v) is 9.32. The summed E-state index contributed by atoms with van der Waals surface area (Å²) in [7, 11) is 0. The van der Waals surface area contributed by atoms with E-state index in [0.717, 1.165) is 24.1 Å². The number of nitrogens with zero attached hydrogens (tertiary/aromatic N) is 2. The average molecular weight is 357 g/mol. The molecule has 0 spiro atoms. The number of urea groups is 1. The van der Waals surface area contributed by atoms with Crippen LogP contribution in [0.4, 0.5) is 10.5 Å². The number of carbonyl (C=O) groups is 1. The van der Waals surface area contributed by atoms with E-state index in [-0.39, 0.29) is 12.1 Å². The summed E-state index contributed by atoms with van der Waals surface area (Å²) < 4.78 is 0. The quantitative estimate of drug-likeness (QED) is 0.705. The molecule has 1 aliphatic carbocycles. The molecule has 1 N–H and O–H groups in total. The molecule has 1 aliphatic rings. The second-order valence-corrected chi connectivity index (χ2v) is 7.03. The fourth-order valence-corrected chi connectivity index (χ4v) is 3.70. The summed E-state index contributed by atoms with van der Waals surface area (Å²) in [5, 5.41) is 3.03. The van der Waals surface area contributed by atoms with E-state index in [1.54, 1.807) is 12.4 Å². The molecule has 0 bridgehead atoms. The molecule has 1 aromatic heterocycles. The minimum absolute atomic E-state index is 0.0801. The largest absolute Gasteiger partial charge is 0.322 e. The van der Waals surface area contributed by atoms with Gasteiger partial charge >= 0.3 is 6.03 Å². The lowest BCUT2D eigenvalue weighted by Crippen LogP contribution is -2.37. The minimum atomic E-state index is -0.0801. The van der Waals surface area contributed by atoms with Crippen molar-refractivity contribution in [3.05, 3.63) is 95.3 Å². The number of anilines is 1. The molecular weight excluding hydrogens is 334 g/mol. The Kier molecular flexibility index (Phi) is 4.88. The number of pyridine rings is 1. The van der Waals surface area contributed by atoms with Crippen molar-refractivity contribution in [1.29, 1.82) is 0 Å². The van der Waals surface area contributed by atoms with E-state index in [1.165, 1.54) is 16.7 Å². The van der Waals surface area contributed by atoms with E-state index in [0.29, 0.717) is 6.54 Å². The van der Waals surface area contributed by atoms with Crippen LogP contribution in [0.25, 0.3) is 0 Å². The molecule has 0 fully saturated rings. The highest BCUT2D eigenvalue weighted by atomic mass is 16.2. The maximum atomic E-state index is 13.2. The Morgan fingerprint density at radius 3 is 2.59 bits per heavy atom. The molecule has 136 valence electrons. The standard InChI is InChI=1S/C23H23N3O/c1-17-6-8-18(9-7-17)16-26(23(27)25-20-12-14-24-15-13-20)22-11-10-19-4-2-3-5-21(19)22/h2-9,12-15,22H,10-11,16H2,1H3,(H,24,25,27)/t22-/m0/s1. The van der Waals surface area contributed by atoms with Crippen molar-refractivity contribution >= 4 is 11.7 Å². The monoisotopic (exact) mass is 357 g/mol. The highest BCUT2D eigenvalue weighted by Gasteiger charge is 2.31. The van der Waals surface area contributed by atoms with Gasteiger partial charge in [0.1, 0.15) is 0 Å². The van der Waals surface area contributed by atoms with Gasteiger partial charge in [0.15, 0.2) is 0 Å². The number of fused-ring (bicyclic) bond motifs is 1. The van der Waals surface area contributed by atoms with Gasteiger partial charge in [0.2, 0.25) is 0 Å². The van der Waals surface area contributed by atoms with Crippen molar-refractivity contribution < 1.29 is 4.79 Å². The molecule has 27 heavy (non-hydrogen) atoms. The number of hydrogen-bond acceptors (Lipinski definition) is 2. The van der Waals surface area contributed by atoms with Gasteiger partial charge in [-0.25, -0.2) is 4.79 Å². The van der Waals surface area contributed by atoms with Crippen LogP contribution in [-0.2, 0) is 13.0 Å². The smallest absolute Gasteiger partial charge is 0.313 e. The summed E-state index contributed by atoms with van der Waals surface area (Å²) in [6.07, 6.45) is 5.33. The number of carbonyl (C=O) groups excluding carboxylic acids is 1. The van der Waals surface area contributed by atoms with Gasteiger partial charge in [-0.15, -0.1) is 0 Å². The second kappa shape index (κ2) is 7.62. The normalized spacial score (nSPS) is 15.2. The fourth-order valence-electron chi connectivity index (χ4n) is 3.70. The SMILES string of the molecule is Cc1ccc(CN(C(=O)Nc2ccncc2)[C@H]2CCc3ccccc32)cc1. The predicted octanol–water partition coefficient (Wildman–Crippen LogP) is 5.11. The average Bonchev–Trinajstić information content (AvgIpc) is 3.12. The number of aryl methyl sites for hydroxylation is 2. The maximum Gasteiger partial charge on any atom is 0.322 e. The Labute approximate surface area is 159 Å². The Bertz CT molecular complexity index is 922. The first-order valence-electron chi connectivity index (χ1n) is 9.32. The zero-order valence-electron chi connectivity index (χ0n) is 15.4. The fraction of sp³-hybridized carbons (Fsp3) is 0.217. The van der Waals surface area contributed by atoms with Crippen LogP contribution in [0.1, 0.15) is 34.7 Å². The van der Waals surface area contributed by atoms with Crippen LogP contribution in [0.15, 0.2) is 73.1 Å². The van der Waals surface area contributed by atoms with Crippen molar-refractivity contribution in [2.75, 3.05) is 5.32 Å². The Morgan fingerprint density at radius 2 is 1.81 bits per heavy atom. The molecule has 2 aromatic carbocycles. The van der Waals surface area contributed by atoms with Crippen molar-refractivity contribution in [3.63, 3.8) is 0 Å². The van der Waals surface area contributed by atoms with Gasteiger partial charge in [-0.05, 0) is 48.6 Å². The third-order valence-electron chi connectivity index (χ3n) is 5.14. The van der Waals surface area contributed by atoms with E-state index in [1.807, 2.05) is 17.0 Å². The van der Waals surface area contributed by atoms with Crippen molar-refractivity contribution in [1.82, 2.24) is 9.88 Å². The molecule has 4 heteroatoms. The van der Waals surface area contributed by atoms with Gasteiger partial charge in [0.25, 0.3) is 0 Å². The molecule has 1 heterocycles. The molecule has 0 aliphatic heterocycles. The molecule has 3 aromatic rings. The topological polar surface area (TPSA) is 45.2 Å². The molecule has 0 unspecified atom stereocenters. The highest BCUT2D eigenvalue weighted by Crippen LogP contribution is 2.36. The molecule has 4 rings (SSSR count). The van der Waals surface area contributed by atoms with E-state index < -0.39 is 0 Å². The van der Waals surface area contributed by atoms with Crippen molar-refractivity contribution in [2.45, 2.75) is 32.4 Å². The zero-order valence-corrected chi connectivity index (χ0v) is 15.4. The molecule has 4 nitrogen and oxygen atoms in total. The molecule has 0 radical (unpaired) electrons. The molecule has 2 amide bonds. The van der Waals surface area contributed by atoms with Gasteiger partial charge < -0.3 is 10.2 Å². The van der Waals surface area contributed by atoms with Gasteiger partial charge in [-0.3, -0.25) is 4.98 Å². The summed E-state index contributed by atoms with van der Waals surface area (Å²) in [6.45, 7) is 2.65. The Hall–Kier alpha value is -3.14. The van der Waals surface area contributed by atoms with E-state index in [2.05, 4.69) is 65.8 Å². The number of hydrogen-bond donors (Lipinski definition) is 1. The lowest BCUT2D eigenvalue weighted by molar-refractivity contribution is 0.183. The first kappa shape index (κ1) is 17.3. The third-order valence-corrected chi connectivity index (χ3v) is 5.14. The Balaban J connectivity index is 1.62. The molecular formula is C23H23N3O. The number of aromatic nitrogens is 1. The van der Waals surface area contributed by atoms with Gasteiger partial charge in [0, 0.05) is 24.6 Å². The lowest BCUT2D eigenvalue weighted by Gasteiger charge is -2.30. The number of benzene rings is 2. The third kappa shape index (κ3) is 3.85. The summed E-state index contributed by atoms with van der Waals surface area (Å²) in [4.78, 5) is 19.1. The van der Waals surface area contributed by atoms with Crippen LogP contribution in [0, 0.1) is 6.92 Å². The van der Waals surface area contributed by atoms with E-state index in [4.69, 9.17) is 0 Å². The summed E-state index contributed by atoms with van der Waals surface area (Å²) in [5.41, 5.74) is 5.71. The maximum absolute atomic E-state index is 13.2. The van der Waals surface area contributed by atoms with Crippen LogP contribution < -0.4 is 5.32 Å². The van der Waals surface area contributed by atoms with E-state index in [9.17, 15) is 4.79 Å². The van der Waals surface area contributed by atoms with Crippen LogP contribution in [0.2, 0.25) is 0 Å². The summed E-state index contributed by atoms with van der Waals surface area (Å²) in [5.74, 6) is 0. The molecule has 0 saturated carbocycles. The summed E-state index contributed by atoms with van der Waals surface area (Å²) >= 11 is 0. The number of amides is 2. The highest BCUT2D eigenvalue weighted by molar-refractivity contribution is 5.89.